The molecule has 6 nitrogen and oxygen atoms in total. The van der Waals surface area contributed by atoms with Gasteiger partial charge in [-0.15, -0.1) is 0 Å². The summed E-state index contributed by atoms with van der Waals surface area (Å²) in [4.78, 5) is 27.1. The van der Waals surface area contributed by atoms with Gasteiger partial charge in [-0.3, -0.25) is 9.59 Å². The Bertz CT molecular complexity index is 717. The van der Waals surface area contributed by atoms with E-state index in [1.54, 1.807) is 6.92 Å². The molecule has 0 fully saturated rings. The zero-order chi connectivity index (χ0) is 21.8. The van der Waals surface area contributed by atoms with Gasteiger partial charge in [0.05, 0.1) is 21.1 Å². The van der Waals surface area contributed by atoms with Gasteiger partial charge in [-0.2, -0.15) is 0 Å². The molecule has 2 N–H and O–H groups in total. The molecule has 1 aliphatic heterocycles. The number of carbonyl (C=O) groups is 2. The van der Waals surface area contributed by atoms with Crippen molar-refractivity contribution >= 4 is 75.8 Å². The minimum Gasteiger partial charge on any atom is -0.846 e. The minimum absolute atomic E-state index is 0. The maximum Gasteiger partial charge on any atom is 1.00 e. The number of carbonyl (C=O) groups excluding carboxylic acids is 2. The van der Waals surface area contributed by atoms with Gasteiger partial charge in [-0.25, -0.2) is 4.99 Å². The molecule has 1 aliphatic rings. The summed E-state index contributed by atoms with van der Waals surface area (Å²) in [5.74, 6) is -1.56. The van der Waals surface area contributed by atoms with Crippen LogP contribution >= 0.6 is 58.0 Å². The predicted octanol–water partition coefficient (Wildman–Crippen LogP) is 1.85. The van der Waals surface area contributed by atoms with E-state index >= 15 is 0 Å². The van der Waals surface area contributed by atoms with Gasteiger partial charge in [0.2, 0.25) is 5.91 Å². The monoisotopic (exact) mass is 512 g/mol. The van der Waals surface area contributed by atoms with E-state index in [2.05, 4.69) is 10.3 Å². The Balaban J connectivity index is 0.000000542. The molecule has 0 aliphatic carbocycles. The fourth-order valence-electron chi connectivity index (χ4n) is 2.89. The Hall–Kier alpha value is 0.0800. The van der Waals surface area contributed by atoms with Crippen LogP contribution in [0.25, 0.3) is 0 Å². The van der Waals surface area contributed by atoms with Crippen molar-refractivity contribution in [1.29, 1.82) is 0 Å². The van der Waals surface area contributed by atoms with Gasteiger partial charge >= 0.3 is 29.6 Å². The van der Waals surface area contributed by atoms with E-state index < -0.39 is 23.3 Å². The first-order valence-electron chi connectivity index (χ1n) is 8.27. The molecule has 0 bridgehead atoms. The standard InChI is InChI=1S/C11H18N2O3.C6HCl5O.Na/c1-4-6-7(3)11(5-2)8(14)12-10(16)13-9(11)15;7-1-2(8)4(10)6(12)5(11)3(1)9;/h7H,4-6H2,1-3H3,(H2,12,13,14,15,16);12H;/q;;+1/p-1. The van der Waals surface area contributed by atoms with Gasteiger partial charge in [-0.1, -0.05) is 85.2 Å². The predicted molar refractivity (Wildman–Crippen MR) is 111 cm³/mol. The van der Waals surface area contributed by atoms with Crippen molar-refractivity contribution in [2.24, 2.45) is 16.3 Å². The number of phenolic OH excluding ortho intramolecular Hbond substituents is 1. The summed E-state index contributed by atoms with van der Waals surface area (Å²) in [5.41, 5.74) is -1.15. The summed E-state index contributed by atoms with van der Waals surface area (Å²) in [5, 5.41) is 22.1. The van der Waals surface area contributed by atoms with Crippen molar-refractivity contribution in [3.05, 3.63) is 25.1 Å². The quantitative estimate of drug-likeness (QED) is 0.277. The Morgan fingerprint density at radius 3 is 1.86 bits per heavy atom. The Morgan fingerprint density at radius 2 is 1.48 bits per heavy atom. The Morgan fingerprint density at radius 1 is 1.03 bits per heavy atom. The number of rotatable bonds is 4. The molecule has 29 heavy (non-hydrogen) atoms. The number of benzene rings is 1. The smallest absolute Gasteiger partial charge is 0.846 e. The zero-order valence-electron chi connectivity index (χ0n) is 16.2. The van der Waals surface area contributed by atoms with Crippen LogP contribution < -0.4 is 40.0 Å². The number of nitrogens with one attached hydrogen (secondary N) is 1. The average Bonchev–Trinajstić information content (AvgIpc) is 2.64. The first-order chi connectivity index (χ1) is 12.9. The molecular formula is C17H18Cl5N2NaO4. The summed E-state index contributed by atoms with van der Waals surface area (Å²) >= 11 is 27.9. The molecule has 156 valence electrons. The van der Waals surface area contributed by atoms with E-state index in [-0.39, 0.29) is 66.3 Å². The number of amides is 2. The maximum absolute atomic E-state index is 11.9. The number of aromatic hydroxyl groups is 1. The number of aliphatic imine (C=N–C) groups is 1. The van der Waals surface area contributed by atoms with Crippen LogP contribution in [0.15, 0.2) is 4.99 Å². The van der Waals surface area contributed by atoms with E-state index in [0.29, 0.717) is 6.42 Å². The van der Waals surface area contributed by atoms with E-state index in [1.807, 2.05) is 13.8 Å². The van der Waals surface area contributed by atoms with E-state index in [4.69, 9.17) is 58.0 Å². The van der Waals surface area contributed by atoms with Crippen molar-refractivity contribution in [3.63, 3.8) is 0 Å². The third-order valence-corrected chi connectivity index (χ3v) is 6.77. The molecule has 0 saturated carbocycles. The summed E-state index contributed by atoms with van der Waals surface area (Å²) in [6, 6.07) is -0.845. The van der Waals surface area contributed by atoms with Gasteiger partial charge in [0, 0.05) is 0 Å². The largest absolute Gasteiger partial charge is 1.00 e. The van der Waals surface area contributed by atoms with E-state index in [9.17, 15) is 19.8 Å². The summed E-state index contributed by atoms with van der Waals surface area (Å²) in [7, 11) is 0. The van der Waals surface area contributed by atoms with Crippen LogP contribution in [0.4, 0.5) is 0 Å². The normalized spacial score (nSPS) is 19.4. The molecule has 1 aromatic carbocycles. The molecule has 2 atom stereocenters. The van der Waals surface area contributed by atoms with Crippen LogP contribution in [0.5, 0.6) is 5.75 Å². The second-order valence-electron chi connectivity index (χ2n) is 6.11. The topological polar surface area (TPSA) is 102 Å². The van der Waals surface area contributed by atoms with Crippen LogP contribution in [-0.2, 0) is 9.59 Å². The maximum atomic E-state index is 11.9. The van der Waals surface area contributed by atoms with Gasteiger partial charge in [0.15, 0.2) is 5.75 Å². The van der Waals surface area contributed by atoms with Gasteiger partial charge < -0.3 is 15.5 Å². The number of hydrogen-bond donors (Lipinski definition) is 2. The molecule has 2 unspecified atom stereocenters. The third kappa shape index (κ3) is 6.07. The van der Waals surface area contributed by atoms with Crippen LogP contribution in [0.1, 0.15) is 40.0 Å². The molecule has 12 heteroatoms. The number of phenols is 1. The van der Waals surface area contributed by atoms with Crippen molar-refractivity contribution < 1.29 is 49.4 Å². The first-order valence-corrected chi connectivity index (χ1v) is 10.2. The number of hydrogen-bond acceptors (Lipinski definition) is 4. The Kier molecular flexibility index (Phi) is 12.2. The van der Waals surface area contributed by atoms with Crippen LogP contribution in [0.3, 0.4) is 0 Å². The molecule has 2 rings (SSSR count). The summed E-state index contributed by atoms with van der Waals surface area (Å²) in [6.45, 7) is 5.62. The van der Waals surface area contributed by atoms with Crippen molar-refractivity contribution in [2.75, 3.05) is 0 Å². The number of amidine groups is 1. The fourth-order valence-corrected chi connectivity index (χ4v) is 4.02. The average molecular weight is 515 g/mol. The zero-order valence-corrected chi connectivity index (χ0v) is 22.0. The SMILES string of the molecule is CCCC(C)C1(CC)C(=O)N=C([O-])NC1=O.Oc1c(Cl)c(Cl)c(Cl)c(Cl)c1Cl.[Na+]. The fraction of sp³-hybridized carbons (Fsp3) is 0.471. The second kappa shape index (κ2) is 12.2. The van der Waals surface area contributed by atoms with Gasteiger partial charge in [-0.05, 0) is 18.8 Å². The minimum atomic E-state index is -1.15. The molecule has 1 aromatic rings. The van der Waals surface area contributed by atoms with Crippen LogP contribution in [-0.4, -0.2) is 22.9 Å². The number of nitrogens with zero attached hydrogens (tertiary/aromatic N) is 1. The van der Waals surface area contributed by atoms with Crippen molar-refractivity contribution in [2.45, 2.75) is 40.0 Å². The van der Waals surface area contributed by atoms with E-state index in [1.165, 1.54) is 0 Å². The molecule has 0 saturated heterocycles. The van der Waals surface area contributed by atoms with E-state index in [0.717, 1.165) is 12.8 Å². The Labute approximate surface area is 216 Å². The second-order valence-corrected chi connectivity index (χ2v) is 8.00. The summed E-state index contributed by atoms with van der Waals surface area (Å²) in [6.07, 6.45) is 2.02. The van der Waals surface area contributed by atoms with Gasteiger partial charge in [0.1, 0.15) is 15.5 Å². The molecule has 2 amide bonds. The van der Waals surface area contributed by atoms with Crippen LogP contribution in [0, 0.1) is 11.3 Å². The van der Waals surface area contributed by atoms with Crippen LogP contribution in [0.2, 0.25) is 25.1 Å². The molecule has 0 radical (unpaired) electrons. The summed E-state index contributed by atoms with van der Waals surface area (Å²) < 4.78 is 0. The molecule has 1 heterocycles. The van der Waals surface area contributed by atoms with Gasteiger partial charge in [0.25, 0.3) is 5.91 Å². The van der Waals surface area contributed by atoms with Crippen molar-refractivity contribution in [1.82, 2.24) is 5.32 Å². The first kappa shape index (κ1) is 29.1. The molecule has 0 spiro atoms. The molecular weight excluding hydrogens is 496 g/mol. The molecule has 0 aromatic heterocycles. The number of halogens is 5. The van der Waals surface area contributed by atoms with Crippen molar-refractivity contribution in [3.8, 4) is 5.75 Å². The third-order valence-electron chi connectivity index (χ3n) is 4.52.